The second-order valence-electron chi connectivity index (χ2n) is 5.13. The maximum Gasteiger partial charge on any atom is 0.0951 e. The summed E-state index contributed by atoms with van der Waals surface area (Å²) in [5.41, 5.74) is 2.71. The van der Waals surface area contributed by atoms with Crippen LogP contribution >= 0.6 is 11.3 Å². The zero-order valence-corrected chi connectivity index (χ0v) is 11.5. The monoisotopic (exact) mass is 261 g/mol. The van der Waals surface area contributed by atoms with E-state index in [2.05, 4.69) is 38.6 Å². The highest BCUT2D eigenvalue weighted by Crippen LogP contribution is 2.21. The smallest absolute Gasteiger partial charge is 0.0951 e. The number of hydrogen-bond acceptors (Lipinski definition) is 3. The largest absolute Gasteiger partial charge is 0.330 e. The van der Waals surface area contributed by atoms with E-state index >= 15 is 0 Å². The molecule has 0 radical (unpaired) electrons. The molecule has 2 aromatic rings. The standard InChI is InChI=1S/C14H19N3S/c1-11(6-12-4-5-18-9-12)17-10-15-7-14(17)8-16-13-2-3-13/h4-5,7,9-11,13,16H,2-3,6,8H2,1H3. The van der Waals surface area contributed by atoms with Crippen LogP contribution in [0, 0.1) is 0 Å². The predicted octanol–water partition coefficient (Wildman–Crippen LogP) is 3.00. The number of aromatic nitrogens is 2. The third-order valence-electron chi connectivity index (χ3n) is 3.48. The summed E-state index contributed by atoms with van der Waals surface area (Å²) in [6.07, 6.45) is 7.69. The third-order valence-corrected chi connectivity index (χ3v) is 4.21. The molecule has 2 heterocycles. The molecule has 0 amide bonds. The van der Waals surface area contributed by atoms with Gasteiger partial charge >= 0.3 is 0 Å². The first-order chi connectivity index (χ1) is 8.83. The van der Waals surface area contributed by atoms with E-state index < -0.39 is 0 Å². The molecule has 1 N–H and O–H groups in total. The minimum absolute atomic E-state index is 0.470. The number of rotatable bonds is 6. The van der Waals surface area contributed by atoms with Gasteiger partial charge in [0.2, 0.25) is 0 Å². The van der Waals surface area contributed by atoms with Crippen molar-refractivity contribution in [2.45, 2.75) is 44.8 Å². The molecule has 0 bridgehead atoms. The van der Waals surface area contributed by atoms with Gasteiger partial charge in [-0.15, -0.1) is 0 Å². The quantitative estimate of drug-likeness (QED) is 0.866. The average molecular weight is 261 g/mol. The lowest BCUT2D eigenvalue weighted by Gasteiger charge is -2.16. The lowest BCUT2D eigenvalue weighted by atomic mass is 10.1. The van der Waals surface area contributed by atoms with Gasteiger partial charge in [-0.1, -0.05) is 0 Å². The molecule has 1 atom stereocenters. The van der Waals surface area contributed by atoms with E-state index in [1.165, 1.54) is 24.1 Å². The minimum atomic E-state index is 0.470. The Balaban J connectivity index is 1.64. The number of thiophene rings is 1. The number of nitrogens with zero attached hydrogens (tertiary/aromatic N) is 2. The number of hydrogen-bond donors (Lipinski definition) is 1. The Labute approximate surface area is 112 Å². The van der Waals surface area contributed by atoms with Crippen LogP contribution in [0.2, 0.25) is 0 Å². The molecule has 1 fully saturated rings. The summed E-state index contributed by atoms with van der Waals surface area (Å²) < 4.78 is 2.30. The lowest BCUT2D eigenvalue weighted by Crippen LogP contribution is -2.19. The van der Waals surface area contributed by atoms with Crippen LogP contribution in [0.3, 0.4) is 0 Å². The van der Waals surface area contributed by atoms with Crippen molar-refractivity contribution in [2.75, 3.05) is 0 Å². The van der Waals surface area contributed by atoms with E-state index in [0.29, 0.717) is 6.04 Å². The Hall–Kier alpha value is -1.13. The second kappa shape index (κ2) is 5.24. The molecule has 1 saturated carbocycles. The summed E-state index contributed by atoms with van der Waals surface area (Å²) in [6, 6.07) is 3.43. The molecule has 96 valence electrons. The Kier molecular flexibility index (Phi) is 3.48. The summed E-state index contributed by atoms with van der Waals surface area (Å²) in [6.45, 7) is 3.21. The summed E-state index contributed by atoms with van der Waals surface area (Å²) in [5, 5.41) is 7.93. The molecule has 0 aliphatic heterocycles. The van der Waals surface area contributed by atoms with Crippen molar-refractivity contribution in [1.82, 2.24) is 14.9 Å². The first kappa shape index (κ1) is 11.9. The summed E-state index contributed by atoms with van der Waals surface area (Å²) in [5.74, 6) is 0. The van der Waals surface area contributed by atoms with Gasteiger partial charge in [0.25, 0.3) is 0 Å². The van der Waals surface area contributed by atoms with E-state index in [0.717, 1.165) is 19.0 Å². The van der Waals surface area contributed by atoms with Gasteiger partial charge in [0.1, 0.15) is 0 Å². The maximum atomic E-state index is 4.30. The summed E-state index contributed by atoms with van der Waals surface area (Å²) in [4.78, 5) is 4.30. The molecule has 1 aliphatic carbocycles. The fourth-order valence-electron chi connectivity index (χ4n) is 2.25. The van der Waals surface area contributed by atoms with Gasteiger partial charge in [0.15, 0.2) is 0 Å². The molecule has 1 unspecified atom stereocenters. The Morgan fingerprint density at radius 2 is 2.44 bits per heavy atom. The van der Waals surface area contributed by atoms with Crippen LogP contribution in [0.4, 0.5) is 0 Å². The zero-order valence-electron chi connectivity index (χ0n) is 10.7. The molecular weight excluding hydrogens is 242 g/mol. The SMILES string of the molecule is CC(Cc1ccsc1)n1cncc1CNC1CC1. The Morgan fingerprint density at radius 1 is 1.56 bits per heavy atom. The second-order valence-corrected chi connectivity index (χ2v) is 5.91. The van der Waals surface area contributed by atoms with Crippen LogP contribution in [-0.4, -0.2) is 15.6 Å². The molecule has 4 heteroatoms. The van der Waals surface area contributed by atoms with E-state index in [1.54, 1.807) is 11.3 Å². The highest BCUT2D eigenvalue weighted by Gasteiger charge is 2.21. The Morgan fingerprint density at radius 3 is 3.17 bits per heavy atom. The lowest BCUT2D eigenvalue weighted by molar-refractivity contribution is 0.511. The molecule has 3 rings (SSSR count). The summed E-state index contributed by atoms with van der Waals surface area (Å²) in [7, 11) is 0. The molecule has 1 aliphatic rings. The maximum absolute atomic E-state index is 4.30. The normalized spacial score (nSPS) is 16.9. The molecule has 2 aromatic heterocycles. The number of nitrogens with one attached hydrogen (secondary N) is 1. The minimum Gasteiger partial charge on any atom is -0.330 e. The van der Waals surface area contributed by atoms with Gasteiger partial charge in [-0.2, -0.15) is 11.3 Å². The van der Waals surface area contributed by atoms with Crippen LogP contribution in [0.15, 0.2) is 29.4 Å². The number of imidazole rings is 1. The van der Waals surface area contributed by atoms with Crippen LogP contribution < -0.4 is 5.32 Å². The van der Waals surface area contributed by atoms with Crippen molar-refractivity contribution >= 4 is 11.3 Å². The zero-order chi connectivity index (χ0) is 12.4. The van der Waals surface area contributed by atoms with Crippen molar-refractivity contribution in [3.63, 3.8) is 0 Å². The van der Waals surface area contributed by atoms with Gasteiger partial charge in [-0.25, -0.2) is 4.98 Å². The topological polar surface area (TPSA) is 29.9 Å². The van der Waals surface area contributed by atoms with Crippen molar-refractivity contribution < 1.29 is 0 Å². The molecule has 3 nitrogen and oxygen atoms in total. The van der Waals surface area contributed by atoms with Crippen molar-refractivity contribution in [2.24, 2.45) is 0 Å². The van der Waals surface area contributed by atoms with E-state index in [4.69, 9.17) is 0 Å². The predicted molar refractivity (Wildman–Crippen MR) is 74.8 cm³/mol. The molecule has 0 saturated heterocycles. The highest BCUT2D eigenvalue weighted by molar-refractivity contribution is 7.07. The third kappa shape index (κ3) is 2.82. The van der Waals surface area contributed by atoms with Gasteiger partial charge in [0, 0.05) is 24.8 Å². The van der Waals surface area contributed by atoms with Crippen LogP contribution in [0.1, 0.15) is 37.1 Å². The van der Waals surface area contributed by atoms with Crippen molar-refractivity contribution in [1.29, 1.82) is 0 Å². The molecule has 18 heavy (non-hydrogen) atoms. The fraction of sp³-hybridized carbons (Fsp3) is 0.500. The fourth-order valence-corrected chi connectivity index (χ4v) is 2.93. The van der Waals surface area contributed by atoms with E-state index in [9.17, 15) is 0 Å². The van der Waals surface area contributed by atoms with Gasteiger partial charge < -0.3 is 9.88 Å². The molecular formula is C14H19N3S. The van der Waals surface area contributed by atoms with Crippen LogP contribution in [0.25, 0.3) is 0 Å². The van der Waals surface area contributed by atoms with Crippen molar-refractivity contribution in [3.05, 3.63) is 40.6 Å². The molecule has 0 aromatic carbocycles. The first-order valence-corrected chi connectivity index (χ1v) is 7.52. The van der Waals surface area contributed by atoms with Gasteiger partial charge in [-0.3, -0.25) is 0 Å². The van der Waals surface area contributed by atoms with Crippen molar-refractivity contribution in [3.8, 4) is 0 Å². The van der Waals surface area contributed by atoms with E-state index in [1.807, 2.05) is 12.5 Å². The van der Waals surface area contributed by atoms with Gasteiger partial charge in [-0.05, 0) is 48.6 Å². The first-order valence-electron chi connectivity index (χ1n) is 6.58. The Bertz CT molecular complexity index is 485. The van der Waals surface area contributed by atoms with Gasteiger partial charge in [0.05, 0.1) is 12.0 Å². The summed E-state index contributed by atoms with van der Waals surface area (Å²) >= 11 is 1.77. The van der Waals surface area contributed by atoms with Crippen LogP contribution in [0.5, 0.6) is 0 Å². The van der Waals surface area contributed by atoms with Crippen LogP contribution in [-0.2, 0) is 13.0 Å². The highest BCUT2D eigenvalue weighted by atomic mass is 32.1. The van der Waals surface area contributed by atoms with E-state index in [-0.39, 0.29) is 0 Å². The molecule has 0 spiro atoms. The average Bonchev–Trinajstić information content (AvgIpc) is 2.88.